The third kappa shape index (κ3) is 3.73. The molecule has 0 N–H and O–H groups in total. The summed E-state index contributed by atoms with van der Waals surface area (Å²) in [5.41, 5.74) is 0.716. The fourth-order valence-corrected chi connectivity index (χ4v) is 1.17. The van der Waals surface area contributed by atoms with E-state index in [9.17, 15) is 4.79 Å². The van der Waals surface area contributed by atoms with Crippen LogP contribution in [0.15, 0.2) is 29.4 Å². The number of esters is 1. The van der Waals surface area contributed by atoms with E-state index in [0.29, 0.717) is 17.7 Å². The quantitative estimate of drug-likeness (QED) is 0.332. The second-order valence-electron chi connectivity index (χ2n) is 3.18. The molecule has 0 atom stereocenters. The van der Waals surface area contributed by atoms with Gasteiger partial charge >= 0.3 is 5.97 Å². The van der Waals surface area contributed by atoms with Crippen molar-refractivity contribution in [1.29, 1.82) is 0 Å². The Morgan fingerprint density at radius 1 is 1.44 bits per heavy atom. The lowest BCUT2D eigenvalue weighted by atomic mass is 10.2. The molecule has 0 aliphatic heterocycles. The number of oxime groups is 1. The van der Waals surface area contributed by atoms with Gasteiger partial charge in [0.2, 0.25) is 0 Å². The maximum absolute atomic E-state index is 11.3. The highest BCUT2D eigenvalue weighted by molar-refractivity contribution is 5.85. The number of carbonyl (C=O) groups is 1. The molecule has 0 heterocycles. The molecule has 0 aliphatic rings. The van der Waals surface area contributed by atoms with Crippen molar-refractivity contribution in [2.75, 3.05) is 7.11 Å². The van der Waals surface area contributed by atoms with Crippen molar-refractivity contribution in [1.82, 2.24) is 0 Å². The Hall–Kier alpha value is -1.84. The largest absolute Gasteiger partial charge is 0.426 e. The molecule has 0 aliphatic carbocycles. The summed E-state index contributed by atoms with van der Waals surface area (Å²) in [5, 5.41) is 3.64. The zero-order valence-corrected chi connectivity index (χ0v) is 9.47. The van der Waals surface area contributed by atoms with E-state index in [1.165, 1.54) is 13.3 Å². The van der Waals surface area contributed by atoms with E-state index in [1.54, 1.807) is 18.2 Å². The zero-order chi connectivity index (χ0) is 11.8. The van der Waals surface area contributed by atoms with Crippen molar-refractivity contribution in [3.05, 3.63) is 29.8 Å². The third-order valence-electron chi connectivity index (χ3n) is 1.89. The number of rotatable bonds is 5. The topological polar surface area (TPSA) is 47.9 Å². The van der Waals surface area contributed by atoms with Crippen LogP contribution in [0.25, 0.3) is 0 Å². The Balaban J connectivity index is 2.78. The molecule has 0 fully saturated rings. The molecule has 0 unspecified atom stereocenters. The Morgan fingerprint density at radius 3 is 2.88 bits per heavy atom. The highest BCUT2D eigenvalue weighted by Crippen LogP contribution is 2.16. The van der Waals surface area contributed by atoms with Gasteiger partial charge in [-0.15, -0.1) is 0 Å². The van der Waals surface area contributed by atoms with E-state index in [1.807, 2.05) is 13.0 Å². The molecule has 1 aromatic rings. The van der Waals surface area contributed by atoms with Crippen LogP contribution >= 0.6 is 0 Å². The van der Waals surface area contributed by atoms with Crippen molar-refractivity contribution in [3.63, 3.8) is 0 Å². The van der Waals surface area contributed by atoms with Gasteiger partial charge in [0, 0.05) is 12.0 Å². The molecule has 0 saturated carbocycles. The second kappa shape index (κ2) is 6.61. The number of para-hydroxylation sites is 1. The summed E-state index contributed by atoms with van der Waals surface area (Å²) in [5.74, 6) is 0.266. The summed E-state index contributed by atoms with van der Waals surface area (Å²) in [6.07, 6.45) is 2.69. The molecule has 0 saturated heterocycles. The van der Waals surface area contributed by atoms with E-state index in [4.69, 9.17) is 4.74 Å². The van der Waals surface area contributed by atoms with Crippen molar-refractivity contribution in [2.24, 2.45) is 5.16 Å². The van der Waals surface area contributed by atoms with Crippen molar-refractivity contribution in [2.45, 2.75) is 19.8 Å². The van der Waals surface area contributed by atoms with Gasteiger partial charge in [-0.2, -0.15) is 0 Å². The minimum Gasteiger partial charge on any atom is -0.426 e. The van der Waals surface area contributed by atoms with Crippen molar-refractivity contribution >= 4 is 12.2 Å². The highest BCUT2D eigenvalue weighted by Gasteiger charge is 2.06. The first-order chi connectivity index (χ1) is 7.77. The molecular formula is C12H15NO3. The van der Waals surface area contributed by atoms with Crippen molar-refractivity contribution in [3.8, 4) is 5.75 Å². The van der Waals surface area contributed by atoms with Crippen LogP contribution in [0, 0.1) is 0 Å². The summed E-state index contributed by atoms with van der Waals surface area (Å²) in [7, 11) is 1.46. The van der Waals surface area contributed by atoms with Gasteiger partial charge in [0.15, 0.2) is 0 Å². The predicted octanol–water partition coefficient (Wildman–Crippen LogP) is 2.37. The summed E-state index contributed by atoms with van der Waals surface area (Å²) >= 11 is 0. The van der Waals surface area contributed by atoms with Crippen LogP contribution in [0.2, 0.25) is 0 Å². The Bertz CT molecular complexity index is 374. The monoisotopic (exact) mass is 221 g/mol. The number of carbonyl (C=O) groups excluding carboxylic acids is 1. The SMILES string of the molecule is CCCC(=O)Oc1ccccc1C=NOC. The fourth-order valence-electron chi connectivity index (χ4n) is 1.17. The van der Waals surface area contributed by atoms with E-state index in [-0.39, 0.29) is 5.97 Å². The molecule has 16 heavy (non-hydrogen) atoms. The highest BCUT2D eigenvalue weighted by atomic mass is 16.6. The standard InChI is InChI=1S/C12H15NO3/c1-3-6-12(14)16-11-8-5-4-7-10(11)9-13-15-2/h4-5,7-9H,3,6H2,1-2H3. The lowest BCUT2D eigenvalue weighted by Gasteiger charge is -2.05. The molecule has 0 bridgehead atoms. The van der Waals surface area contributed by atoms with Crippen LogP contribution in [-0.4, -0.2) is 19.3 Å². The normalized spacial score (nSPS) is 10.4. The third-order valence-corrected chi connectivity index (χ3v) is 1.89. The molecule has 4 heteroatoms. The van der Waals surface area contributed by atoms with Gasteiger partial charge in [-0.1, -0.05) is 24.2 Å². The van der Waals surface area contributed by atoms with E-state index >= 15 is 0 Å². The summed E-state index contributed by atoms with van der Waals surface area (Å²) in [4.78, 5) is 15.9. The number of hydrogen-bond acceptors (Lipinski definition) is 4. The van der Waals surface area contributed by atoms with Gasteiger partial charge in [0.25, 0.3) is 0 Å². The molecule has 86 valence electrons. The average molecular weight is 221 g/mol. The van der Waals surface area contributed by atoms with E-state index in [2.05, 4.69) is 9.99 Å². The predicted molar refractivity (Wildman–Crippen MR) is 61.6 cm³/mol. The zero-order valence-electron chi connectivity index (χ0n) is 9.47. The molecule has 0 amide bonds. The minimum absolute atomic E-state index is 0.235. The molecule has 4 nitrogen and oxygen atoms in total. The number of hydrogen-bond donors (Lipinski definition) is 0. The van der Waals surface area contributed by atoms with Crippen LogP contribution in [0.1, 0.15) is 25.3 Å². The van der Waals surface area contributed by atoms with Crippen LogP contribution < -0.4 is 4.74 Å². The average Bonchev–Trinajstić information content (AvgIpc) is 2.28. The first kappa shape index (κ1) is 12.2. The maximum Gasteiger partial charge on any atom is 0.311 e. The van der Waals surface area contributed by atoms with E-state index in [0.717, 1.165) is 6.42 Å². The summed E-state index contributed by atoms with van der Waals surface area (Å²) in [6.45, 7) is 1.93. The molecule has 0 spiro atoms. The van der Waals surface area contributed by atoms with Crippen LogP contribution in [-0.2, 0) is 9.63 Å². The molecular weight excluding hydrogens is 206 g/mol. The Morgan fingerprint density at radius 2 is 2.19 bits per heavy atom. The first-order valence-electron chi connectivity index (χ1n) is 5.14. The number of nitrogens with zero attached hydrogens (tertiary/aromatic N) is 1. The summed E-state index contributed by atoms with van der Waals surface area (Å²) in [6, 6.07) is 7.18. The van der Waals surface area contributed by atoms with Gasteiger partial charge in [-0.3, -0.25) is 4.79 Å². The van der Waals surface area contributed by atoms with Crippen LogP contribution in [0.4, 0.5) is 0 Å². The molecule has 0 aromatic heterocycles. The smallest absolute Gasteiger partial charge is 0.311 e. The number of ether oxygens (including phenoxy) is 1. The van der Waals surface area contributed by atoms with Crippen molar-refractivity contribution < 1.29 is 14.4 Å². The molecule has 1 aromatic carbocycles. The fraction of sp³-hybridized carbons (Fsp3) is 0.333. The van der Waals surface area contributed by atoms with Crippen LogP contribution in [0.5, 0.6) is 5.75 Å². The van der Waals surface area contributed by atoms with Gasteiger partial charge in [-0.05, 0) is 18.6 Å². The van der Waals surface area contributed by atoms with Crippen LogP contribution in [0.3, 0.4) is 0 Å². The molecule has 0 radical (unpaired) electrons. The Labute approximate surface area is 94.9 Å². The summed E-state index contributed by atoms with van der Waals surface area (Å²) < 4.78 is 5.20. The van der Waals surface area contributed by atoms with E-state index < -0.39 is 0 Å². The van der Waals surface area contributed by atoms with Gasteiger partial charge in [0.1, 0.15) is 12.9 Å². The Kier molecular flexibility index (Phi) is 5.05. The number of benzene rings is 1. The maximum atomic E-state index is 11.3. The van der Waals surface area contributed by atoms with Gasteiger partial charge in [0.05, 0.1) is 6.21 Å². The van der Waals surface area contributed by atoms with Gasteiger partial charge in [-0.25, -0.2) is 0 Å². The lowest BCUT2D eigenvalue weighted by Crippen LogP contribution is -2.08. The molecule has 1 rings (SSSR count). The first-order valence-corrected chi connectivity index (χ1v) is 5.14. The van der Waals surface area contributed by atoms with Gasteiger partial charge < -0.3 is 9.57 Å². The minimum atomic E-state index is -0.235. The lowest BCUT2D eigenvalue weighted by molar-refractivity contribution is -0.134. The second-order valence-corrected chi connectivity index (χ2v) is 3.18.